The quantitative estimate of drug-likeness (QED) is 0.558. The van der Waals surface area contributed by atoms with Crippen molar-refractivity contribution in [1.29, 1.82) is 0 Å². The van der Waals surface area contributed by atoms with Crippen LogP contribution in [0.3, 0.4) is 0 Å². The number of nitrogens with zero attached hydrogens (tertiary/aromatic N) is 2. The maximum absolute atomic E-state index is 12.0. The first kappa shape index (κ1) is 16.4. The van der Waals surface area contributed by atoms with Crippen molar-refractivity contribution in [2.75, 3.05) is 6.61 Å². The number of hydrazone groups is 1. The molecule has 0 aliphatic rings. The molecule has 1 N–H and O–H groups in total. The standard InChI is InChI=1S/C20H17N3O2/c24-19(15-25-18-11-5-2-6-12-18)22-23-20(16-8-3-1-4-9-16)17-10-7-13-21-14-17/h1-14H,15H2,(H,22,24). The van der Waals surface area contributed by atoms with Crippen LogP contribution in [0.15, 0.2) is 90.3 Å². The van der Waals surface area contributed by atoms with Crippen LogP contribution in [0.5, 0.6) is 5.75 Å². The van der Waals surface area contributed by atoms with Gasteiger partial charge >= 0.3 is 0 Å². The molecule has 0 fully saturated rings. The van der Waals surface area contributed by atoms with Gasteiger partial charge in [-0.3, -0.25) is 9.78 Å². The molecule has 0 unspecified atom stereocenters. The summed E-state index contributed by atoms with van der Waals surface area (Å²) >= 11 is 0. The highest BCUT2D eigenvalue weighted by atomic mass is 16.5. The summed E-state index contributed by atoms with van der Waals surface area (Å²) in [5.74, 6) is 0.304. The molecule has 3 rings (SSSR count). The van der Waals surface area contributed by atoms with Crippen molar-refractivity contribution in [2.45, 2.75) is 0 Å². The predicted molar refractivity (Wildman–Crippen MR) is 96.4 cm³/mol. The van der Waals surface area contributed by atoms with E-state index in [1.807, 2.05) is 60.7 Å². The zero-order valence-electron chi connectivity index (χ0n) is 13.5. The molecule has 2 aromatic carbocycles. The molecule has 0 spiro atoms. The lowest BCUT2D eigenvalue weighted by Crippen LogP contribution is -2.26. The molecule has 25 heavy (non-hydrogen) atoms. The molecule has 0 saturated heterocycles. The van der Waals surface area contributed by atoms with Gasteiger partial charge in [-0.2, -0.15) is 5.10 Å². The van der Waals surface area contributed by atoms with Crippen molar-refractivity contribution < 1.29 is 9.53 Å². The normalized spacial score (nSPS) is 11.0. The van der Waals surface area contributed by atoms with E-state index in [0.29, 0.717) is 11.5 Å². The van der Waals surface area contributed by atoms with Crippen LogP contribution in [-0.2, 0) is 4.79 Å². The van der Waals surface area contributed by atoms with Gasteiger partial charge in [0.1, 0.15) is 5.75 Å². The molecular weight excluding hydrogens is 314 g/mol. The molecule has 5 nitrogen and oxygen atoms in total. The van der Waals surface area contributed by atoms with Crippen LogP contribution < -0.4 is 10.2 Å². The Morgan fingerprint density at radius 3 is 2.28 bits per heavy atom. The van der Waals surface area contributed by atoms with Crippen molar-refractivity contribution in [2.24, 2.45) is 5.10 Å². The first-order chi connectivity index (χ1) is 12.3. The van der Waals surface area contributed by atoms with Crippen LogP contribution in [0.1, 0.15) is 11.1 Å². The summed E-state index contributed by atoms with van der Waals surface area (Å²) < 4.78 is 5.42. The average molecular weight is 331 g/mol. The van der Waals surface area contributed by atoms with Gasteiger partial charge < -0.3 is 4.74 Å². The third-order valence-electron chi connectivity index (χ3n) is 3.39. The van der Waals surface area contributed by atoms with E-state index in [4.69, 9.17) is 4.74 Å². The van der Waals surface area contributed by atoms with E-state index in [1.165, 1.54) is 0 Å². The van der Waals surface area contributed by atoms with E-state index in [0.717, 1.165) is 11.1 Å². The number of para-hydroxylation sites is 1. The van der Waals surface area contributed by atoms with Crippen LogP contribution in [0, 0.1) is 0 Å². The van der Waals surface area contributed by atoms with Gasteiger partial charge in [-0.1, -0.05) is 48.5 Å². The fourth-order valence-electron chi connectivity index (χ4n) is 2.21. The fraction of sp³-hybridized carbons (Fsp3) is 0.0500. The number of carbonyl (C=O) groups excluding carboxylic acids is 1. The Hall–Kier alpha value is -3.47. The zero-order chi connectivity index (χ0) is 17.3. The Labute approximate surface area is 146 Å². The summed E-state index contributed by atoms with van der Waals surface area (Å²) in [5, 5.41) is 4.27. The molecule has 1 amide bonds. The smallest absolute Gasteiger partial charge is 0.277 e. The molecular formula is C20H17N3O2. The minimum absolute atomic E-state index is 0.109. The van der Waals surface area contributed by atoms with Crippen molar-refractivity contribution in [3.63, 3.8) is 0 Å². The molecule has 1 heterocycles. The maximum atomic E-state index is 12.0. The summed E-state index contributed by atoms with van der Waals surface area (Å²) in [6, 6.07) is 22.5. The average Bonchev–Trinajstić information content (AvgIpc) is 2.69. The van der Waals surface area contributed by atoms with Crippen molar-refractivity contribution >= 4 is 11.6 Å². The molecule has 0 aliphatic carbocycles. The van der Waals surface area contributed by atoms with E-state index in [2.05, 4.69) is 15.5 Å². The second-order valence-electron chi connectivity index (χ2n) is 5.20. The summed E-state index contributed by atoms with van der Waals surface area (Å²) in [6.45, 7) is -0.109. The SMILES string of the molecule is O=C(COc1ccccc1)NN=C(c1ccccc1)c1cccnc1. The zero-order valence-corrected chi connectivity index (χ0v) is 13.5. The largest absolute Gasteiger partial charge is 0.484 e. The van der Waals surface area contributed by atoms with Crippen molar-refractivity contribution in [3.05, 3.63) is 96.3 Å². The van der Waals surface area contributed by atoms with Crippen molar-refractivity contribution in [1.82, 2.24) is 10.4 Å². The summed E-state index contributed by atoms with van der Waals surface area (Å²) in [7, 11) is 0. The van der Waals surface area contributed by atoms with Crippen LogP contribution in [0.4, 0.5) is 0 Å². The number of hydrogen-bond donors (Lipinski definition) is 1. The van der Waals surface area contributed by atoms with Gasteiger partial charge in [-0.15, -0.1) is 0 Å². The van der Waals surface area contributed by atoms with Crippen LogP contribution in [-0.4, -0.2) is 23.2 Å². The lowest BCUT2D eigenvalue weighted by molar-refractivity contribution is -0.123. The van der Waals surface area contributed by atoms with Gasteiger partial charge in [-0.25, -0.2) is 5.43 Å². The lowest BCUT2D eigenvalue weighted by Gasteiger charge is -2.08. The first-order valence-corrected chi connectivity index (χ1v) is 7.83. The first-order valence-electron chi connectivity index (χ1n) is 7.83. The monoisotopic (exact) mass is 331 g/mol. The third kappa shape index (κ3) is 4.75. The van der Waals surface area contributed by atoms with Gasteiger partial charge in [0.2, 0.25) is 0 Å². The fourth-order valence-corrected chi connectivity index (χ4v) is 2.21. The Morgan fingerprint density at radius 2 is 1.60 bits per heavy atom. The van der Waals surface area contributed by atoms with Crippen LogP contribution >= 0.6 is 0 Å². The maximum Gasteiger partial charge on any atom is 0.277 e. The van der Waals surface area contributed by atoms with Crippen molar-refractivity contribution in [3.8, 4) is 5.75 Å². The number of nitrogens with one attached hydrogen (secondary N) is 1. The number of ether oxygens (including phenoxy) is 1. The van der Waals surface area contributed by atoms with E-state index in [9.17, 15) is 4.79 Å². The van der Waals surface area contributed by atoms with Gasteiger partial charge in [0.25, 0.3) is 5.91 Å². The minimum atomic E-state index is -0.332. The summed E-state index contributed by atoms with van der Waals surface area (Å²) in [6.07, 6.45) is 3.40. The summed E-state index contributed by atoms with van der Waals surface area (Å²) in [4.78, 5) is 16.1. The van der Waals surface area contributed by atoms with Gasteiger partial charge in [0.15, 0.2) is 6.61 Å². The second-order valence-corrected chi connectivity index (χ2v) is 5.20. The second kappa shape index (κ2) is 8.40. The Morgan fingerprint density at radius 1 is 0.920 bits per heavy atom. The number of aromatic nitrogens is 1. The van der Waals surface area contributed by atoms with Gasteiger partial charge in [0, 0.05) is 23.5 Å². The van der Waals surface area contributed by atoms with E-state index in [1.54, 1.807) is 24.5 Å². The Balaban J connectivity index is 1.72. The molecule has 0 aliphatic heterocycles. The molecule has 1 aromatic heterocycles. The highest BCUT2D eigenvalue weighted by molar-refractivity contribution is 6.12. The lowest BCUT2D eigenvalue weighted by atomic mass is 10.0. The molecule has 0 bridgehead atoms. The topological polar surface area (TPSA) is 63.6 Å². The molecule has 0 radical (unpaired) electrons. The molecule has 0 saturated carbocycles. The number of hydrogen-bond acceptors (Lipinski definition) is 4. The van der Waals surface area contributed by atoms with Crippen LogP contribution in [0.2, 0.25) is 0 Å². The predicted octanol–water partition coefficient (Wildman–Crippen LogP) is 3.03. The number of pyridine rings is 1. The molecule has 5 heteroatoms. The number of carbonyl (C=O) groups is 1. The number of benzene rings is 2. The highest BCUT2D eigenvalue weighted by Crippen LogP contribution is 2.10. The summed E-state index contributed by atoms with van der Waals surface area (Å²) in [5.41, 5.74) is 4.89. The third-order valence-corrected chi connectivity index (χ3v) is 3.39. The number of amides is 1. The Kier molecular flexibility index (Phi) is 5.51. The molecule has 0 atom stereocenters. The minimum Gasteiger partial charge on any atom is -0.484 e. The van der Waals surface area contributed by atoms with Crippen LogP contribution in [0.25, 0.3) is 0 Å². The van der Waals surface area contributed by atoms with E-state index in [-0.39, 0.29) is 12.5 Å². The molecule has 3 aromatic rings. The van der Waals surface area contributed by atoms with E-state index < -0.39 is 0 Å². The number of rotatable bonds is 6. The van der Waals surface area contributed by atoms with Gasteiger partial charge in [0.05, 0.1) is 5.71 Å². The highest BCUT2D eigenvalue weighted by Gasteiger charge is 2.08. The molecule has 124 valence electrons. The van der Waals surface area contributed by atoms with E-state index >= 15 is 0 Å². The Bertz CT molecular complexity index is 793. The van der Waals surface area contributed by atoms with Gasteiger partial charge in [-0.05, 0) is 24.3 Å².